The lowest BCUT2D eigenvalue weighted by atomic mass is 10.1. The zero-order chi connectivity index (χ0) is 15.7. The van der Waals surface area contributed by atoms with Crippen molar-refractivity contribution in [3.63, 3.8) is 0 Å². The van der Waals surface area contributed by atoms with Gasteiger partial charge in [-0.25, -0.2) is 0 Å². The Morgan fingerprint density at radius 2 is 2.05 bits per heavy atom. The quantitative estimate of drug-likeness (QED) is 0.774. The number of carbonyl (C=O) groups excluding carboxylic acids is 1. The van der Waals surface area contributed by atoms with E-state index in [9.17, 15) is 4.79 Å². The fraction of sp³-hybridized carbons (Fsp3) is 0.0588. The number of benzene rings is 1. The Balaban J connectivity index is 2.13. The molecule has 1 aliphatic heterocycles. The summed E-state index contributed by atoms with van der Waals surface area (Å²) in [4.78, 5) is 18.4. The molecule has 0 atom stereocenters. The van der Waals surface area contributed by atoms with Crippen molar-refractivity contribution in [2.75, 3.05) is 6.54 Å². The van der Waals surface area contributed by atoms with Crippen LogP contribution in [0.1, 0.15) is 21.6 Å². The summed E-state index contributed by atoms with van der Waals surface area (Å²) in [7, 11) is 0. The number of hydrogen-bond acceptors (Lipinski definition) is 2. The van der Waals surface area contributed by atoms with Gasteiger partial charge in [0.1, 0.15) is 0 Å². The van der Waals surface area contributed by atoms with Gasteiger partial charge in [0.15, 0.2) is 0 Å². The highest BCUT2D eigenvalue weighted by Gasteiger charge is 2.32. The standard InChI is InChI=1S/C17H12Cl2N2O/c1-2-8-21-15(10-11-5-6-13(18)14(19)9-11)16-12(17(21)22)4-3-7-20-16/h2-7,9-10H,1,8H2/b15-10+. The Bertz CT molecular complexity index is 799. The largest absolute Gasteiger partial charge is 0.302 e. The van der Waals surface area contributed by atoms with Crippen molar-refractivity contribution in [2.45, 2.75) is 0 Å². The van der Waals surface area contributed by atoms with Gasteiger partial charge in [0.25, 0.3) is 5.91 Å². The van der Waals surface area contributed by atoms with Gasteiger partial charge in [0, 0.05) is 12.7 Å². The van der Waals surface area contributed by atoms with Crippen molar-refractivity contribution in [3.8, 4) is 0 Å². The summed E-state index contributed by atoms with van der Waals surface area (Å²) in [6.45, 7) is 4.13. The molecule has 3 rings (SSSR count). The molecule has 0 saturated carbocycles. The fourth-order valence-corrected chi connectivity index (χ4v) is 2.69. The summed E-state index contributed by atoms with van der Waals surface area (Å²) in [5.41, 5.74) is 2.85. The minimum absolute atomic E-state index is 0.0747. The minimum atomic E-state index is -0.0747. The molecule has 1 aliphatic rings. The Morgan fingerprint density at radius 3 is 2.77 bits per heavy atom. The van der Waals surface area contributed by atoms with Gasteiger partial charge in [-0.05, 0) is 35.9 Å². The summed E-state index contributed by atoms with van der Waals surface area (Å²) in [5, 5.41) is 0.963. The summed E-state index contributed by atoms with van der Waals surface area (Å²) in [6.07, 6.45) is 5.24. The number of halogens is 2. The van der Waals surface area contributed by atoms with Crippen LogP contribution >= 0.6 is 23.2 Å². The molecule has 2 heterocycles. The van der Waals surface area contributed by atoms with Gasteiger partial charge >= 0.3 is 0 Å². The number of aromatic nitrogens is 1. The Labute approximate surface area is 138 Å². The average molecular weight is 331 g/mol. The van der Waals surface area contributed by atoms with Crippen LogP contribution in [0.15, 0.2) is 49.2 Å². The molecule has 0 saturated heterocycles. The van der Waals surface area contributed by atoms with E-state index in [1.54, 1.807) is 41.4 Å². The third-order valence-electron chi connectivity index (χ3n) is 3.38. The van der Waals surface area contributed by atoms with E-state index in [-0.39, 0.29) is 5.91 Å². The highest BCUT2D eigenvalue weighted by Crippen LogP contribution is 2.33. The predicted molar refractivity (Wildman–Crippen MR) is 89.8 cm³/mol. The van der Waals surface area contributed by atoms with Crippen molar-refractivity contribution in [1.29, 1.82) is 0 Å². The van der Waals surface area contributed by atoms with Crippen LogP contribution in [0.2, 0.25) is 10.0 Å². The third-order valence-corrected chi connectivity index (χ3v) is 4.11. The molecule has 0 unspecified atom stereocenters. The molecule has 110 valence electrons. The number of nitrogens with zero attached hydrogens (tertiary/aromatic N) is 2. The lowest BCUT2D eigenvalue weighted by Crippen LogP contribution is -2.22. The molecular weight excluding hydrogens is 319 g/mol. The van der Waals surface area contributed by atoms with Crippen LogP contribution in [0.4, 0.5) is 0 Å². The topological polar surface area (TPSA) is 33.2 Å². The molecule has 0 spiro atoms. The number of amides is 1. The van der Waals surface area contributed by atoms with Crippen molar-refractivity contribution < 1.29 is 4.79 Å². The fourth-order valence-electron chi connectivity index (χ4n) is 2.38. The second-order valence-corrected chi connectivity index (χ2v) is 5.62. The van der Waals surface area contributed by atoms with E-state index in [2.05, 4.69) is 11.6 Å². The molecule has 0 radical (unpaired) electrons. The number of fused-ring (bicyclic) bond motifs is 1. The third kappa shape index (κ3) is 2.54. The normalized spacial score (nSPS) is 15.3. The molecule has 0 fully saturated rings. The lowest BCUT2D eigenvalue weighted by Gasteiger charge is -2.15. The van der Waals surface area contributed by atoms with Gasteiger partial charge in [0.2, 0.25) is 0 Å². The van der Waals surface area contributed by atoms with E-state index in [0.29, 0.717) is 27.8 Å². The van der Waals surface area contributed by atoms with Crippen LogP contribution in [0.5, 0.6) is 0 Å². The molecule has 0 bridgehead atoms. The van der Waals surface area contributed by atoms with Crippen LogP contribution in [0.3, 0.4) is 0 Å². The lowest BCUT2D eigenvalue weighted by molar-refractivity contribution is 0.0862. The maximum atomic E-state index is 12.5. The molecular formula is C17H12Cl2N2O. The van der Waals surface area contributed by atoms with Crippen LogP contribution < -0.4 is 0 Å². The number of carbonyl (C=O) groups is 1. The number of hydrogen-bond donors (Lipinski definition) is 0. The average Bonchev–Trinajstić information content (AvgIpc) is 2.78. The minimum Gasteiger partial charge on any atom is -0.302 e. The highest BCUT2D eigenvalue weighted by molar-refractivity contribution is 6.42. The van der Waals surface area contributed by atoms with Crippen LogP contribution in [-0.4, -0.2) is 22.3 Å². The first-order valence-electron chi connectivity index (χ1n) is 6.66. The van der Waals surface area contributed by atoms with E-state index in [0.717, 1.165) is 11.3 Å². The van der Waals surface area contributed by atoms with Gasteiger partial charge in [-0.2, -0.15) is 0 Å². The van der Waals surface area contributed by atoms with E-state index < -0.39 is 0 Å². The zero-order valence-corrected chi connectivity index (χ0v) is 13.1. The molecule has 1 aromatic carbocycles. The smallest absolute Gasteiger partial charge is 0.260 e. The van der Waals surface area contributed by atoms with Gasteiger partial charge in [0.05, 0.1) is 27.0 Å². The molecule has 22 heavy (non-hydrogen) atoms. The maximum Gasteiger partial charge on any atom is 0.260 e. The van der Waals surface area contributed by atoms with Crippen LogP contribution in [-0.2, 0) is 0 Å². The van der Waals surface area contributed by atoms with E-state index in [4.69, 9.17) is 23.2 Å². The summed E-state index contributed by atoms with van der Waals surface area (Å²) < 4.78 is 0. The van der Waals surface area contributed by atoms with Crippen molar-refractivity contribution in [1.82, 2.24) is 9.88 Å². The Kier molecular flexibility index (Phi) is 4.01. The molecule has 3 nitrogen and oxygen atoms in total. The van der Waals surface area contributed by atoms with Gasteiger partial charge in [-0.15, -0.1) is 6.58 Å². The molecule has 1 amide bonds. The second kappa shape index (κ2) is 5.95. The molecule has 1 aromatic heterocycles. The van der Waals surface area contributed by atoms with E-state index in [1.165, 1.54) is 0 Å². The molecule has 0 aliphatic carbocycles. The van der Waals surface area contributed by atoms with E-state index >= 15 is 0 Å². The second-order valence-electron chi connectivity index (χ2n) is 4.81. The monoisotopic (exact) mass is 330 g/mol. The summed E-state index contributed by atoms with van der Waals surface area (Å²) in [5.74, 6) is -0.0747. The number of pyridine rings is 1. The maximum absolute atomic E-state index is 12.5. The van der Waals surface area contributed by atoms with Crippen molar-refractivity contribution in [3.05, 3.63) is 76.0 Å². The predicted octanol–water partition coefficient (Wildman–Crippen LogP) is 4.53. The molecule has 5 heteroatoms. The highest BCUT2D eigenvalue weighted by atomic mass is 35.5. The van der Waals surface area contributed by atoms with Crippen molar-refractivity contribution in [2.24, 2.45) is 0 Å². The first-order valence-corrected chi connectivity index (χ1v) is 7.42. The summed E-state index contributed by atoms with van der Waals surface area (Å²) in [6, 6.07) is 8.86. The Morgan fingerprint density at radius 1 is 1.23 bits per heavy atom. The van der Waals surface area contributed by atoms with Gasteiger partial charge < -0.3 is 4.90 Å². The SMILES string of the molecule is C=CCN1C(=O)c2cccnc2/C1=C\c1ccc(Cl)c(Cl)c1. The molecule has 2 aromatic rings. The van der Waals surface area contributed by atoms with Crippen molar-refractivity contribution >= 4 is 40.9 Å². The zero-order valence-electron chi connectivity index (χ0n) is 11.6. The first kappa shape index (κ1) is 14.8. The summed E-state index contributed by atoms with van der Waals surface area (Å²) >= 11 is 12.0. The van der Waals surface area contributed by atoms with Gasteiger partial charge in [-0.3, -0.25) is 9.78 Å². The van der Waals surface area contributed by atoms with Crippen LogP contribution in [0, 0.1) is 0 Å². The Hall–Kier alpha value is -2.10. The van der Waals surface area contributed by atoms with E-state index in [1.807, 2.05) is 12.1 Å². The van der Waals surface area contributed by atoms with Gasteiger partial charge in [-0.1, -0.05) is 35.3 Å². The molecule has 0 N–H and O–H groups in total. The van der Waals surface area contributed by atoms with Crippen LogP contribution in [0.25, 0.3) is 11.8 Å². The first-order chi connectivity index (χ1) is 10.6. The number of rotatable bonds is 3.